The molecule has 1 aromatic carbocycles. The monoisotopic (exact) mass is 497 g/mol. The molecule has 0 aliphatic heterocycles. The Labute approximate surface area is 211 Å². The molecule has 3 atom stereocenters. The lowest BCUT2D eigenvalue weighted by molar-refractivity contribution is -0.117. The van der Waals surface area contributed by atoms with Gasteiger partial charge in [-0.25, -0.2) is 19.3 Å². The minimum atomic E-state index is -0.466. The molecule has 3 unspecified atom stereocenters. The average molecular weight is 498 g/mol. The topological polar surface area (TPSA) is 125 Å². The SMILES string of the molecule is Cc1cc(-c2ncco2)cc(F)c1-c1cc2cc(NC(=O)C3C(C)C3c3cnn(C)c3)ncc2c(N)n1. The molecule has 4 heterocycles. The largest absolute Gasteiger partial charge is 0.445 e. The van der Waals surface area contributed by atoms with Crippen LogP contribution in [0.1, 0.15) is 24.0 Å². The minimum absolute atomic E-state index is 0.0977. The number of nitrogens with two attached hydrogens (primary N) is 1. The van der Waals surface area contributed by atoms with Crippen molar-refractivity contribution in [2.24, 2.45) is 18.9 Å². The molecule has 0 bridgehead atoms. The molecule has 1 amide bonds. The standard InChI is InChI=1S/C27H24FN7O2/c1-13-6-16(27-30-4-5-37-27)7-19(28)22(13)20-8-15-9-21(31-11-18(15)25(29)33-20)34-26(36)24-14(2)23(24)17-10-32-35(3)12-17/h4-12,14,23-24H,1-3H3,(H2,29,33)(H,31,34,36). The third-order valence-corrected chi connectivity index (χ3v) is 7.01. The number of aromatic nitrogens is 5. The number of hydrogen-bond donors (Lipinski definition) is 2. The summed E-state index contributed by atoms with van der Waals surface area (Å²) in [6, 6.07) is 6.64. The molecule has 0 radical (unpaired) electrons. The van der Waals surface area contributed by atoms with Gasteiger partial charge in [0.25, 0.3) is 0 Å². The first-order valence-electron chi connectivity index (χ1n) is 11.9. The predicted octanol–water partition coefficient (Wildman–Crippen LogP) is 4.70. The van der Waals surface area contributed by atoms with Crippen molar-refractivity contribution in [2.75, 3.05) is 11.1 Å². The first-order chi connectivity index (χ1) is 17.8. The number of nitrogen functional groups attached to an aromatic ring is 1. The fourth-order valence-electron chi connectivity index (χ4n) is 5.13. The van der Waals surface area contributed by atoms with Gasteiger partial charge in [-0.05, 0) is 53.6 Å². The van der Waals surface area contributed by atoms with Crippen LogP contribution in [0.3, 0.4) is 0 Å². The minimum Gasteiger partial charge on any atom is -0.445 e. The first-order valence-corrected chi connectivity index (χ1v) is 11.9. The van der Waals surface area contributed by atoms with E-state index >= 15 is 4.39 Å². The second-order valence-electron chi connectivity index (χ2n) is 9.52. The number of hydrogen-bond acceptors (Lipinski definition) is 7. The summed E-state index contributed by atoms with van der Waals surface area (Å²) in [4.78, 5) is 25.9. The number of benzene rings is 1. The van der Waals surface area contributed by atoms with Gasteiger partial charge in [0, 0.05) is 47.8 Å². The zero-order chi connectivity index (χ0) is 25.8. The van der Waals surface area contributed by atoms with Crippen molar-refractivity contribution >= 4 is 28.3 Å². The highest BCUT2D eigenvalue weighted by atomic mass is 19.1. The molecule has 186 valence electrons. The predicted molar refractivity (Wildman–Crippen MR) is 137 cm³/mol. The van der Waals surface area contributed by atoms with E-state index in [1.54, 1.807) is 42.2 Å². The van der Waals surface area contributed by atoms with Crippen LogP contribution in [-0.4, -0.2) is 30.6 Å². The molecule has 3 N–H and O–H groups in total. The molecule has 1 aliphatic rings. The van der Waals surface area contributed by atoms with Gasteiger partial charge >= 0.3 is 0 Å². The van der Waals surface area contributed by atoms with E-state index in [0.717, 1.165) is 5.56 Å². The number of carbonyl (C=O) groups excluding carboxylic acids is 1. The molecule has 1 fully saturated rings. The maximum absolute atomic E-state index is 15.3. The van der Waals surface area contributed by atoms with Crippen molar-refractivity contribution in [1.82, 2.24) is 24.7 Å². The molecule has 5 aromatic rings. The average Bonchev–Trinajstić information content (AvgIpc) is 3.21. The summed E-state index contributed by atoms with van der Waals surface area (Å²) in [6.07, 6.45) is 8.27. The third kappa shape index (κ3) is 4.00. The lowest BCUT2D eigenvalue weighted by Crippen LogP contribution is -2.16. The number of halogens is 1. The Bertz CT molecular complexity index is 1640. The molecule has 9 nitrogen and oxygen atoms in total. The van der Waals surface area contributed by atoms with Gasteiger partial charge in [0.05, 0.1) is 18.1 Å². The van der Waals surface area contributed by atoms with Crippen LogP contribution in [0.15, 0.2) is 59.7 Å². The van der Waals surface area contributed by atoms with Crippen molar-refractivity contribution in [2.45, 2.75) is 19.8 Å². The zero-order valence-electron chi connectivity index (χ0n) is 20.4. The molecule has 10 heteroatoms. The molecule has 6 rings (SSSR count). The number of anilines is 2. The molecule has 4 aromatic heterocycles. The molecular formula is C27H24FN7O2. The molecular weight excluding hydrogens is 473 g/mol. The Morgan fingerprint density at radius 2 is 2.03 bits per heavy atom. The Kier molecular flexibility index (Phi) is 5.25. The number of oxazole rings is 1. The van der Waals surface area contributed by atoms with E-state index in [-0.39, 0.29) is 29.5 Å². The summed E-state index contributed by atoms with van der Waals surface area (Å²) in [5.41, 5.74) is 9.18. The van der Waals surface area contributed by atoms with Crippen LogP contribution in [0.5, 0.6) is 0 Å². The van der Waals surface area contributed by atoms with E-state index in [9.17, 15) is 4.79 Å². The Balaban J connectivity index is 1.30. The summed E-state index contributed by atoms with van der Waals surface area (Å²) >= 11 is 0. The second-order valence-corrected chi connectivity index (χ2v) is 9.52. The second kappa shape index (κ2) is 8.51. The first kappa shape index (κ1) is 22.8. The number of aryl methyl sites for hydroxylation is 2. The number of pyridine rings is 2. The summed E-state index contributed by atoms with van der Waals surface area (Å²) in [7, 11) is 1.86. The molecule has 0 spiro atoms. The normalized spacial score (nSPS) is 18.8. The quantitative estimate of drug-likeness (QED) is 0.360. The number of rotatable bonds is 5. The van der Waals surface area contributed by atoms with E-state index in [1.807, 2.05) is 13.2 Å². The van der Waals surface area contributed by atoms with Crippen molar-refractivity contribution in [3.8, 4) is 22.7 Å². The summed E-state index contributed by atoms with van der Waals surface area (Å²) in [5.74, 6) is 0.578. The number of amides is 1. The van der Waals surface area contributed by atoms with Gasteiger partial charge in [-0.2, -0.15) is 5.10 Å². The van der Waals surface area contributed by atoms with Gasteiger partial charge in [-0.3, -0.25) is 9.48 Å². The van der Waals surface area contributed by atoms with Gasteiger partial charge in [-0.1, -0.05) is 6.92 Å². The molecule has 0 saturated heterocycles. The van der Waals surface area contributed by atoms with Gasteiger partial charge in [0.2, 0.25) is 11.8 Å². The van der Waals surface area contributed by atoms with E-state index in [1.165, 1.54) is 18.5 Å². The van der Waals surface area contributed by atoms with E-state index < -0.39 is 5.82 Å². The lowest BCUT2D eigenvalue weighted by Gasteiger charge is -2.12. The van der Waals surface area contributed by atoms with Gasteiger partial charge < -0.3 is 15.5 Å². The van der Waals surface area contributed by atoms with Crippen LogP contribution in [0.4, 0.5) is 16.0 Å². The highest BCUT2D eigenvalue weighted by Crippen LogP contribution is 2.54. The highest BCUT2D eigenvalue weighted by Gasteiger charge is 2.52. The van der Waals surface area contributed by atoms with Crippen LogP contribution < -0.4 is 11.1 Å². The van der Waals surface area contributed by atoms with Crippen LogP contribution in [0.2, 0.25) is 0 Å². The Morgan fingerprint density at radius 1 is 1.19 bits per heavy atom. The van der Waals surface area contributed by atoms with Crippen molar-refractivity contribution in [3.05, 3.63) is 72.3 Å². The summed E-state index contributed by atoms with van der Waals surface area (Å²) < 4.78 is 22.3. The van der Waals surface area contributed by atoms with Crippen LogP contribution in [0, 0.1) is 24.6 Å². The summed E-state index contributed by atoms with van der Waals surface area (Å²) in [5, 5.41) is 8.45. The number of nitrogens with one attached hydrogen (secondary N) is 1. The van der Waals surface area contributed by atoms with Crippen molar-refractivity contribution < 1.29 is 13.6 Å². The zero-order valence-corrected chi connectivity index (χ0v) is 20.4. The Hall–Kier alpha value is -4.60. The molecule has 1 aliphatic carbocycles. The maximum atomic E-state index is 15.3. The smallest absolute Gasteiger partial charge is 0.229 e. The molecule has 1 saturated carbocycles. The lowest BCUT2D eigenvalue weighted by atomic mass is 9.99. The van der Waals surface area contributed by atoms with Gasteiger partial charge in [0.15, 0.2) is 0 Å². The fourth-order valence-corrected chi connectivity index (χ4v) is 5.13. The van der Waals surface area contributed by atoms with E-state index in [2.05, 4.69) is 32.3 Å². The van der Waals surface area contributed by atoms with Crippen LogP contribution in [-0.2, 0) is 11.8 Å². The number of carbonyl (C=O) groups is 1. The van der Waals surface area contributed by atoms with E-state index in [4.69, 9.17) is 10.2 Å². The van der Waals surface area contributed by atoms with Crippen LogP contribution in [0.25, 0.3) is 33.5 Å². The number of fused-ring (bicyclic) bond motifs is 1. The number of nitrogens with zero attached hydrogens (tertiary/aromatic N) is 5. The van der Waals surface area contributed by atoms with E-state index in [0.29, 0.717) is 44.9 Å². The third-order valence-electron chi connectivity index (χ3n) is 7.01. The van der Waals surface area contributed by atoms with Crippen molar-refractivity contribution in [3.63, 3.8) is 0 Å². The Morgan fingerprint density at radius 3 is 2.73 bits per heavy atom. The fraction of sp³-hybridized carbons (Fsp3) is 0.222. The maximum Gasteiger partial charge on any atom is 0.229 e. The van der Waals surface area contributed by atoms with Gasteiger partial charge in [0.1, 0.15) is 23.7 Å². The molecule has 37 heavy (non-hydrogen) atoms. The highest BCUT2D eigenvalue weighted by molar-refractivity contribution is 5.99. The summed E-state index contributed by atoms with van der Waals surface area (Å²) in [6.45, 7) is 3.85. The van der Waals surface area contributed by atoms with Crippen LogP contribution >= 0.6 is 0 Å². The van der Waals surface area contributed by atoms with Crippen molar-refractivity contribution in [1.29, 1.82) is 0 Å². The van der Waals surface area contributed by atoms with Gasteiger partial charge in [-0.15, -0.1) is 0 Å².